The van der Waals surface area contributed by atoms with Gasteiger partial charge in [-0.1, -0.05) is 29.8 Å². The number of carbonyl (C=O) groups is 1. The van der Waals surface area contributed by atoms with Crippen LogP contribution in [-0.4, -0.2) is 22.9 Å². The monoisotopic (exact) mass is 421 g/mol. The molecular formula is C24H21ClFN3O. The number of amides is 1. The number of aromatic amines is 1. The van der Waals surface area contributed by atoms with Crippen molar-refractivity contribution in [2.75, 3.05) is 11.9 Å². The van der Waals surface area contributed by atoms with E-state index in [1.807, 2.05) is 36.4 Å². The molecule has 0 aliphatic heterocycles. The van der Waals surface area contributed by atoms with Crippen molar-refractivity contribution in [2.45, 2.75) is 19.3 Å². The fourth-order valence-corrected chi connectivity index (χ4v) is 3.91. The molecule has 0 aliphatic rings. The highest BCUT2D eigenvalue weighted by Gasteiger charge is 2.17. The number of fused-ring (bicyclic) bond motifs is 1. The molecule has 152 valence electrons. The third-order valence-electron chi connectivity index (χ3n) is 5.19. The van der Waals surface area contributed by atoms with E-state index in [1.165, 1.54) is 12.1 Å². The summed E-state index contributed by atoms with van der Waals surface area (Å²) in [5, 5.41) is 1.36. The Morgan fingerprint density at radius 2 is 1.93 bits per heavy atom. The maximum atomic E-state index is 13.9. The lowest BCUT2D eigenvalue weighted by Crippen LogP contribution is -2.26. The summed E-state index contributed by atoms with van der Waals surface area (Å²) >= 11 is 6.21. The number of halogens is 2. The summed E-state index contributed by atoms with van der Waals surface area (Å²) in [5.74, 6) is -0.307. The number of pyridine rings is 1. The van der Waals surface area contributed by atoms with Crippen LogP contribution in [0.2, 0.25) is 5.02 Å². The molecule has 2 heterocycles. The first kappa shape index (κ1) is 20.1. The van der Waals surface area contributed by atoms with Crippen LogP contribution in [0.1, 0.15) is 18.4 Å². The summed E-state index contributed by atoms with van der Waals surface area (Å²) in [6.45, 7) is 0. The second kappa shape index (κ2) is 8.67. The van der Waals surface area contributed by atoms with E-state index in [2.05, 4.69) is 9.97 Å². The van der Waals surface area contributed by atoms with E-state index in [0.717, 1.165) is 27.9 Å². The summed E-state index contributed by atoms with van der Waals surface area (Å²) in [6, 6.07) is 17.7. The Morgan fingerprint density at radius 1 is 1.13 bits per heavy atom. The van der Waals surface area contributed by atoms with Crippen LogP contribution < -0.4 is 4.90 Å². The number of hydrogen-bond donors (Lipinski definition) is 1. The third kappa shape index (κ3) is 4.07. The van der Waals surface area contributed by atoms with Gasteiger partial charge in [-0.05, 0) is 60.9 Å². The van der Waals surface area contributed by atoms with Gasteiger partial charge in [0.05, 0.1) is 22.1 Å². The van der Waals surface area contributed by atoms with Crippen molar-refractivity contribution in [1.29, 1.82) is 0 Å². The lowest BCUT2D eigenvalue weighted by molar-refractivity contribution is -0.118. The summed E-state index contributed by atoms with van der Waals surface area (Å²) < 4.78 is 13.9. The highest BCUT2D eigenvalue weighted by atomic mass is 35.5. The molecule has 0 aliphatic carbocycles. The lowest BCUT2D eigenvalue weighted by atomic mass is 10.0. The topological polar surface area (TPSA) is 49.0 Å². The van der Waals surface area contributed by atoms with E-state index in [0.29, 0.717) is 30.0 Å². The van der Waals surface area contributed by atoms with Crippen LogP contribution in [0.5, 0.6) is 0 Å². The Morgan fingerprint density at radius 3 is 2.70 bits per heavy atom. The largest absolute Gasteiger partial charge is 0.353 e. The first-order chi connectivity index (χ1) is 14.5. The van der Waals surface area contributed by atoms with Gasteiger partial charge in [0.25, 0.3) is 0 Å². The number of nitrogens with zero attached hydrogens (tertiary/aromatic N) is 2. The van der Waals surface area contributed by atoms with Crippen LogP contribution in [0.25, 0.3) is 22.3 Å². The minimum Gasteiger partial charge on any atom is -0.353 e. The minimum absolute atomic E-state index is 0.0199. The zero-order valence-electron chi connectivity index (χ0n) is 16.5. The number of H-pyrrole nitrogens is 1. The van der Waals surface area contributed by atoms with Gasteiger partial charge in [-0.25, -0.2) is 4.39 Å². The molecule has 0 spiro atoms. The van der Waals surface area contributed by atoms with Crippen LogP contribution in [0.3, 0.4) is 0 Å². The first-order valence-electron chi connectivity index (χ1n) is 9.77. The van der Waals surface area contributed by atoms with E-state index in [1.54, 1.807) is 30.3 Å². The van der Waals surface area contributed by atoms with E-state index in [9.17, 15) is 9.18 Å². The molecule has 30 heavy (non-hydrogen) atoms. The molecule has 0 atom stereocenters. The SMILES string of the molecule is CN(C(=O)CCCc1c(-c2ccccn2)[nH]c2ccc(F)cc12)c1ccccc1Cl. The number of rotatable bonds is 6. The fraction of sp³-hybridized carbons (Fsp3) is 0.167. The van der Waals surface area contributed by atoms with Gasteiger partial charge in [-0.2, -0.15) is 0 Å². The van der Waals surface area contributed by atoms with Crippen molar-refractivity contribution >= 4 is 34.1 Å². The van der Waals surface area contributed by atoms with Gasteiger partial charge in [0.2, 0.25) is 5.91 Å². The molecule has 4 aromatic rings. The predicted octanol–water partition coefficient (Wildman–Crippen LogP) is 6.01. The molecule has 0 radical (unpaired) electrons. The Kier molecular flexibility index (Phi) is 5.81. The van der Waals surface area contributed by atoms with E-state index < -0.39 is 0 Å². The quantitative estimate of drug-likeness (QED) is 0.414. The smallest absolute Gasteiger partial charge is 0.226 e. The van der Waals surface area contributed by atoms with Crippen molar-refractivity contribution in [3.63, 3.8) is 0 Å². The molecule has 4 rings (SSSR count). The van der Waals surface area contributed by atoms with Crippen LogP contribution >= 0.6 is 11.6 Å². The molecule has 2 aromatic heterocycles. The van der Waals surface area contributed by atoms with Crippen LogP contribution in [0.15, 0.2) is 66.9 Å². The van der Waals surface area contributed by atoms with Gasteiger partial charge in [0.1, 0.15) is 5.82 Å². The van der Waals surface area contributed by atoms with Gasteiger partial charge < -0.3 is 9.88 Å². The van der Waals surface area contributed by atoms with Gasteiger partial charge in [0.15, 0.2) is 0 Å². The molecule has 0 saturated heterocycles. The molecule has 0 fully saturated rings. The Balaban J connectivity index is 1.56. The van der Waals surface area contributed by atoms with Gasteiger partial charge in [0, 0.05) is 30.6 Å². The number of aryl methyl sites for hydroxylation is 1. The standard InChI is InChI=1S/C24H21ClFN3O/c1-29(22-10-3-2-8-19(22)25)23(30)11-6-7-17-18-15-16(26)12-13-20(18)28-24(17)21-9-4-5-14-27-21/h2-5,8-10,12-15,28H,6-7,11H2,1H3. The van der Waals surface area contributed by atoms with Crippen LogP contribution in [-0.2, 0) is 11.2 Å². The minimum atomic E-state index is -0.287. The zero-order valence-corrected chi connectivity index (χ0v) is 17.3. The molecule has 1 amide bonds. The fourth-order valence-electron chi connectivity index (χ4n) is 3.65. The third-order valence-corrected chi connectivity index (χ3v) is 5.51. The van der Waals surface area contributed by atoms with Crippen molar-refractivity contribution in [3.8, 4) is 11.4 Å². The van der Waals surface area contributed by atoms with Crippen molar-refractivity contribution in [2.24, 2.45) is 0 Å². The highest BCUT2D eigenvalue weighted by molar-refractivity contribution is 6.33. The number of para-hydroxylation sites is 1. The predicted molar refractivity (Wildman–Crippen MR) is 119 cm³/mol. The molecule has 4 nitrogen and oxygen atoms in total. The van der Waals surface area contributed by atoms with Gasteiger partial charge in [-0.15, -0.1) is 0 Å². The second-order valence-electron chi connectivity index (χ2n) is 7.14. The molecular weight excluding hydrogens is 401 g/mol. The summed E-state index contributed by atoms with van der Waals surface area (Å²) in [4.78, 5) is 22.1. The zero-order chi connectivity index (χ0) is 21.1. The number of nitrogens with one attached hydrogen (secondary N) is 1. The number of benzene rings is 2. The summed E-state index contributed by atoms with van der Waals surface area (Å²) in [6.07, 6.45) is 3.33. The average Bonchev–Trinajstić information content (AvgIpc) is 3.12. The van der Waals surface area contributed by atoms with E-state index in [-0.39, 0.29) is 11.7 Å². The molecule has 1 N–H and O–H groups in total. The average molecular weight is 422 g/mol. The van der Waals surface area contributed by atoms with Gasteiger partial charge in [-0.3, -0.25) is 9.78 Å². The van der Waals surface area contributed by atoms with Crippen molar-refractivity contribution in [1.82, 2.24) is 9.97 Å². The van der Waals surface area contributed by atoms with Crippen molar-refractivity contribution < 1.29 is 9.18 Å². The maximum absolute atomic E-state index is 13.9. The van der Waals surface area contributed by atoms with Gasteiger partial charge >= 0.3 is 0 Å². The number of aromatic nitrogens is 2. The Bertz CT molecular complexity index is 1190. The molecule has 6 heteroatoms. The van der Waals surface area contributed by atoms with Crippen molar-refractivity contribution in [3.05, 3.63) is 83.3 Å². The number of carbonyl (C=O) groups excluding carboxylic acids is 1. The summed E-state index contributed by atoms with van der Waals surface area (Å²) in [5.41, 5.74) is 4.17. The molecule has 0 saturated carbocycles. The normalized spacial score (nSPS) is 11.0. The van der Waals surface area contributed by atoms with Crippen LogP contribution in [0, 0.1) is 5.82 Å². The molecule has 0 unspecified atom stereocenters. The number of anilines is 1. The Hall–Kier alpha value is -3.18. The number of hydrogen-bond acceptors (Lipinski definition) is 2. The summed E-state index contributed by atoms with van der Waals surface area (Å²) in [7, 11) is 1.73. The Labute approximate surface area is 179 Å². The highest BCUT2D eigenvalue weighted by Crippen LogP contribution is 2.31. The lowest BCUT2D eigenvalue weighted by Gasteiger charge is -2.18. The van der Waals surface area contributed by atoms with E-state index >= 15 is 0 Å². The molecule has 0 bridgehead atoms. The van der Waals surface area contributed by atoms with Crippen LogP contribution in [0.4, 0.5) is 10.1 Å². The van der Waals surface area contributed by atoms with E-state index in [4.69, 9.17) is 11.6 Å². The molecule has 2 aromatic carbocycles. The maximum Gasteiger partial charge on any atom is 0.226 e. The first-order valence-corrected chi connectivity index (χ1v) is 10.1. The second-order valence-corrected chi connectivity index (χ2v) is 7.55.